The predicted octanol–water partition coefficient (Wildman–Crippen LogP) is 3.42. The van der Waals surface area contributed by atoms with Gasteiger partial charge in [0.25, 0.3) is 0 Å². The lowest BCUT2D eigenvalue weighted by Gasteiger charge is -2.13. The highest BCUT2D eigenvalue weighted by atomic mass is 16.5. The highest BCUT2D eigenvalue weighted by Gasteiger charge is 2.11. The lowest BCUT2D eigenvalue weighted by molar-refractivity contribution is 0.365. The molecule has 18 heavy (non-hydrogen) atoms. The van der Waals surface area contributed by atoms with Gasteiger partial charge in [0.2, 0.25) is 0 Å². The summed E-state index contributed by atoms with van der Waals surface area (Å²) in [5.41, 5.74) is 0. The molecule has 2 rings (SSSR count). The molecule has 0 bridgehead atoms. The Morgan fingerprint density at radius 2 is 1.67 bits per heavy atom. The minimum atomic E-state index is 0.471. The van der Waals surface area contributed by atoms with E-state index in [9.17, 15) is 0 Å². The molecule has 2 aromatic rings. The molecule has 0 aliphatic rings. The molecule has 0 unspecified atom stereocenters. The molecule has 0 saturated carbocycles. The predicted molar refractivity (Wildman–Crippen MR) is 72.7 cm³/mol. The fraction of sp³-hybridized carbons (Fsp3) is 0.200. The van der Waals surface area contributed by atoms with E-state index in [1.165, 1.54) is 0 Å². The average Bonchev–Trinajstić information content (AvgIpc) is 2.43. The summed E-state index contributed by atoms with van der Waals surface area (Å²) < 4.78 is 16.4. The molecular formula is C15H16O3. The Bertz CT molecular complexity index is 551. The minimum absolute atomic E-state index is 0.471. The highest BCUT2D eigenvalue weighted by Crippen LogP contribution is 2.38. The van der Waals surface area contributed by atoms with Crippen LogP contribution in [0.2, 0.25) is 0 Å². The van der Waals surface area contributed by atoms with Gasteiger partial charge in [-0.05, 0) is 18.2 Å². The van der Waals surface area contributed by atoms with Crippen molar-refractivity contribution in [3.8, 4) is 17.2 Å². The maximum absolute atomic E-state index is 5.64. The van der Waals surface area contributed by atoms with Crippen LogP contribution in [0.5, 0.6) is 17.2 Å². The van der Waals surface area contributed by atoms with Crippen LogP contribution in [0.15, 0.2) is 43.0 Å². The van der Waals surface area contributed by atoms with Gasteiger partial charge in [0.05, 0.1) is 19.6 Å². The maximum atomic E-state index is 5.64. The number of hydrogen-bond acceptors (Lipinski definition) is 3. The second kappa shape index (κ2) is 5.45. The number of hydrogen-bond donors (Lipinski definition) is 0. The second-order valence-corrected chi connectivity index (χ2v) is 3.75. The van der Waals surface area contributed by atoms with Gasteiger partial charge in [-0.15, -0.1) is 0 Å². The quantitative estimate of drug-likeness (QED) is 0.754. The van der Waals surface area contributed by atoms with Gasteiger partial charge in [0, 0.05) is 5.39 Å². The number of methoxy groups -OCH3 is 2. The van der Waals surface area contributed by atoms with E-state index in [1.54, 1.807) is 20.3 Å². The minimum Gasteiger partial charge on any atom is -0.496 e. The Morgan fingerprint density at radius 3 is 2.33 bits per heavy atom. The van der Waals surface area contributed by atoms with Crippen molar-refractivity contribution >= 4 is 10.8 Å². The molecule has 0 heterocycles. The van der Waals surface area contributed by atoms with Crippen molar-refractivity contribution in [2.75, 3.05) is 20.8 Å². The first-order valence-electron chi connectivity index (χ1n) is 5.69. The van der Waals surface area contributed by atoms with Gasteiger partial charge in [-0.2, -0.15) is 0 Å². The van der Waals surface area contributed by atoms with Gasteiger partial charge >= 0.3 is 0 Å². The maximum Gasteiger partial charge on any atom is 0.130 e. The van der Waals surface area contributed by atoms with Crippen LogP contribution in [-0.2, 0) is 0 Å². The monoisotopic (exact) mass is 244 g/mol. The Morgan fingerprint density at radius 1 is 1.00 bits per heavy atom. The van der Waals surface area contributed by atoms with Crippen LogP contribution in [0.3, 0.4) is 0 Å². The largest absolute Gasteiger partial charge is 0.496 e. The molecule has 0 aliphatic carbocycles. The first-order valence-corrected chi connectivity index (χ1v) is 5.69. The van der Waals surface area contributed by atoms with Gasteiger partial charge in [0.15, 0.2) is 0 Å². The molecular weight excluding hydrogens is 228 g/mol. The van der Waals surface area contributed by atoms with Crippen molar-refractivity contribution in [2.45, 2.75) is 0 Å². The van der Waals surface area contributed by atoms with E-state index in [0.717, 1.165) is 28.0 Å². The molecule has 0 aromatic heterocycles. The van der Waals surface area contributed by atoms with E-state index in [2.05, 4.69) is 6.58 Å². The van der Waals surface area contributed by atoms with E-state index in [4.69, 9.17) is 14.2 Å². The molecule has 3 nitrogen and oxygen atoms in total. The summed E-state index contributed by atoms with van der Waals surface area (Å²) in [6, 6.07) is 9.59. The summed E-state index contributed by atoms with van der Waals surface area (Å²) in [5.74, 6) is 2.34. The number of rotatable bonds is 5. The molecule has 0 radical (unpaired) electrons. The molecule has 94 valence electrons. The zero-order valence-electron chi connectivity index (χ0n) is 10.6. The molecule has 2 aromatic carbocycles. The fourth-order valence-electron chi connectivity index (χ4n) is 1.93. The third kappa shape index (κ3) is 2.12. The number of benzene rings is 2. The summed E-state index contributed by atoms with van der Waals surface area (Å²) in [6.07, 6.45) is 1.72. The van der Waals surface area contributed by atoms with Gasteiger partial charge in [-0.25, -0.2) is 0 Å². The highest BCUT2D eigenvalue weighted by molar-refractivity contribution is 5.97. The summed E-state index contributed by atoms with van der Waals surface area (Å²) in [4.78, 5) is 0. The summed E-state index contributed by atoms with van der Waals surface area (Å²) in [7, 11) is 3.29. The van der Waals surface area contributed by atoms with Gasteiger partial charge < -0.3 is 14.2 Å². The molecule has 0 atom stereocenters. The first kappa shape index (κ1) is 12.3. The molecule has 0 spiro atoms. The standard InChI is InChI=1S/C15H16O3/c1-4-10-18-12-8-9-14(17-3)15-11(12)6-5-7-13(15)16-2/h4-9H,1,10H2,2-3H3. The van der Waals surface area contributed by atoms with E-state index in [-0.39, 0.29) is 0 Å². The van der Waals surface area contributed by atoms with E-state index in [0.29, 0.717) is 6.61 Å². The Kier molecular flexibility index (Phi) is 3.72. The Hall–Kier alpha value is -2.16. The third-order valence-corrected chi connectivity index (χ3v) is 2.72. The average molecular weight is 244 g/mol. The van der Waals surface area contributed by atoms with Crippen LogP contribution in [0, 0.1) is 0 Å². The van der Waals surface area contributed by atoms with E-state index >= 15 is 0 Å². The van der Waals surface area contributed by atoms with Crippen molar-refractivity contribution in [2.24, 2.45) is 0 Å². The van der Waals surface area contributed by atoms with Crippen molar-refractivity contribution in [3.05, 3.63) is 43.0 Å². The van der Waals surface area contributed by atoms with Gasteiger partial charge in [-0.1, -0.05) is 24.8 Å². The first-order chi connectivity index (χ1) is 8.81. The SMILES string of the molecule is C=CCOc1ccc(OC)c2c(OC)cccc12. The fourth-order valence-corrected chi connectivity index (χ4v) is 1.93. The van der Waals surface area contributed by atoms with E-state index < -0.39 is 0 Å². The van der Waals surface area contributed by atoms with Crippen LogP contribution >= 0.6 is 0 Å². The smallest absolute Gasteiger partial charge is 0.130 e. The van der Waals surface area contributed by atoms with Crippen molar-refractivity contribution < 1.29 is 14.2 Å². The van der Waals surface area contributed by atoms with Crippen molar-refractivity contribution in [1.82, 2.24) is 0 Å². The lowest BCUT2D eigenvalue weighted by atomic mass is 10.1. The van der Waals surface area contributed by atoms with Crippen LogP contribution < -0.4 is 14.2 Å². The Balaban J connectivity index is 2.66. The molecule has 0 saturated heterocycles. The topological polar surface area (TPSA) is 27.7 Å². The third-order valence-electron chi connectivity index (χ3n) is 2.72. The van der Waals surface area contributed by atoms with Gasteiger partial charge in [0.1, 0.15) is 23.9 Å². The number of ether oxygens (including phenoxy) is 3. The second-order valence-electron chi connectivity index (χ2n) is 3.75. The molecule has 0 fully saturated rings. The molecule has 0 aliphatic heterocycles. The summed E-state index contributed by atoms with van der Waals surface area (Å²) in [5, 5.41) is 1.89. The van der Waals surface area contributed by atoms with Crippen LogP contribution in [0.1, 0.15) is 0 Å². The van der Waals surface area contributed by atoms with Crippen LogP contribution in [0.25, 0.3) is 10.8 Å². The Labute approximate surface area is 107 Å². The van der Waals surface area contributed by atoms with Gasteiger partial charge in [-0.3, -0.25) is 0 Å². The van der Waals surface area contributed by atoms with Crippen molar-refractivity contribution in [1.29, 1.82) is 0 Å². The van der Waals surface area contributed by atoms with Crippen LogP contribution in [-0.4, -0.2) is 20.8 Å². The van der Waals surface area contributed by atoms with Crippen LogP contribution in [0.4, 0.5) is 0 Å². The number of fused-ring (bicyclic) bond motifs is 1. The molecule has 0 amide bonds. The molecule has 3 heteroatoms. The zero-order chi connectivity index (χ0) is 13.0. The molecule has 0 N–H and O–H groups in total. The normalized spacial score (nSPS) is 10.1. The zero-order valence-corrected chi connectivity index (χ0v) is 10.6. The van der Waals surface area contributed by atoms with Crippen molar-refractivity contribution in [3.63, 3.8) is 0 Å². The lowest BCUT2D eigenvalue weighted by Crippen LogP contribution is -1.96. The summed E-state index contributed by atoms with van der Waals surface area (Å²) in [6.45, 7) is 4.12. The van der Waals surface area contributed by atoms with E-state index in [1.807, 2.05) is 30.3 Å². The summed E-state index contributed by atoms with van der Waals surface area (Å²) >= 11 is 0.